The first-order chi connectivity index (χ1) is 11.5. The van der Waals surface area contributed by atoms with Crippen molar-refractivity contribution < 1.29 is 9.32 Å². The van der Waals surface area contributed by atoms with Gasteiger partial charge in [-0.2, -0.15) is 0 Å². The predicted molar refractivity (Wildman–Crippen MR) is 94.4 cm³/mol. The summed E-state index contributed by atoms with van der Waals surface area (Å²) in [5, 5.41) is 7.30. The Labute approximate surface area is 147 Å². The molecule has 1 saturated heterocycles. The van der Waals surface area contributed by atoms with Crippen LogP contribution < -0.4 is 0 Å². The van der Waals surface area contributed by atoms with Crippen molar-refractivity contribution in [2.24, 2.45) is 0 Å². The maximum absolute atomic E-state index is 13.0. The molecule has 0 aliphatic carbocycles. The summed E-state index contributed by atoms with van der Waals surface area (Å²) in [5.41, 5.74) is 2.90. The fourth-order valence-corrected chi connectivity index (χ4v) is 4.59. The molecule has 3 rings (SSSR count). The minimum absolute atomic E-state index is 0.168. The summed E-state index contributed by atoms with van der Waals surface area (Å²) in [6, 6.07) is 0. The van der Waals surface area contributed by atoms with E-state index in [0.717, 1.165) is 55.1 Å². The van der Waals surface area contributed by atoms with Gasteiger partial charge < -0.3 is 9.42 Å². The first-order valence-corrected chi connectivity index (χ1v) is 9.55. The Kier molecular flexibility index (Phi) is 5.04. The quantitative estimate of drug-likeness (QED) is 0.843. The highest BCUT2D eigenvalue weighted by molar-refractivity contribution is 7.09. The first-order valence-electron chi connectivity index (χ1n) is 8.67. The normalized spacial score (nSPS) is 19.5. The molecule has 2 unspecified atom stereocenters. The molecular formula is C18H25N3O2S. The van der Waals surface area contributed by atoms with Gasteiger partial charge in [0.15, 0.2) is 0 Å². The first kappa shape index (κ1) is 17.1. The molecule has 0 radical (unpaired) electrons. The highest BCUT2D eigenvalue weighted by Gasteiger charge is 2.31. The van der Waals surface area contributed by atoms with Crippen LogP contribution >= 0.6 is 11.3 Å². The van der Waals surface area contributed by atoms with Crippen LogP contribution in [-0.4, -0.2) is 34.0 Å². The monoisotopic (exact) mass is 347 g/mol. The van der Waals surface area contributed by atoms with Crippen LogP contribution in [0.2, 0.25) is 0 Å². The number of nitrogens with zero attached hydrogens (tertiary/aromatic N) is 3. The second kappa shape index (κ2) is 7.05. The van der Waals surface area contributed by atoms with Crippen LogP contribution in [0.15, 0.2) is 9.90 Å². The van der Waals surface area contributed by atoms with Gasteiger partial charge in [0.05, 0.1) is 22.3 Å². The van der Waals surface area contributed by atoms with Crippen LogP contribution in [0.25, 0.3) is 0 Å². The minimum atomic E-state index is -0.211. The minimum Gasteiger partial charge on any atom is -0.361 e. The summed E-state index contributed by atoms with van der Waals surface area (Å²) in [4.78, 5) is 19.7. The van der Waals surface area contributed by atoms with Crippen LogP contribution in [0.4, 0.5) is 0 Å². The lowest BCUT2D eigenvalue weighted by atomic mass is 9.94. The molecule has 5 nitrogen and oxygen atoms in total. The highest BCUT2D eigenvalue weighted by Crippen LogP contribution is 2.32. The Hall–Kier alpha value is -1.69. The van der Waals surface area contributed by atoms with Crippen molar-refractivity contribution in [1.82, 2.24) is 15.0 Å². The highest BCUT2D eigenvalue weighted by atomic mass is 32.1. The van der Waals surface area contributed by atoms with E-state index in [4.69, 9.17) is 9.51 Å². The Morgan fingerprint density at radius 3 is 2.92 bits per heavy atom. The number of amides is 1. The molecule has 0 saturated carbocycles. The number of aromatic nitrogens is 2. The van der Waals surface area contributed by atoms with E-state index < -0.39 is 0 Å². The zero-order valence-electron chi connectivity index (χ0n) is 14.8. The fourth-order valence-electron chi connectivity index (χ4n) is 3.56. The van der Waals surface area contributed by atoms with Gasteiger partial charge in [-0.1, -0.05) is 12.1 Å². The van der Waals surface area contributed by atoms with Crippen molar-refractivity contribution in [3.8, 4) is 0 Å². The van der Waals surface area contributed by atoms with Gasteiger partial charge in [0.2, 0.25) is 5.91 Å². The number of rotatable bonds is 4. The molecule has 1 amide bonds. The lowest BCUT2D eigenvalue weighted by Gasteiger charge is -2.33. The van der Waals surface area contributed by atoms with E-state index in [1.807, 2.05) is 25.7 Å². The van der Waals surface area contributed by atoms with Crippen LogP contribution in [0.3, 0.4) is 0 Å². The third-order valence-corrected chi connectivity index (χ3v) is 5.96. The van der Waals surface area contributed by atoms with Crippen molar-refractivity contribution in [2.75, 3.05) is 13.1 Å². The van der Waals surface area contributed by atoms with Gasteiger partial charge in [0, 0.05) is 30.0 Å². The van der Waals surface area contributed by atoms with Crippen molar-refractivity contribution in [2.45, 2.75) is 58.8 Å². The average molecular weight is 347 g/mol. The predicted octanol–water partition coefficient (Wildman–Crippen LogP) is 3.82. The van der Waals surface area contributed by atoms with Gasteiger partial charge in [-0.25, -0.2) is 4.98 Å². The summed E-state index contributed by atoms with van der Waals surface area (Å²) in [6.07, 6.45) is 3.11. The largest absolute Gasteiger partial charge is 0.361 e. The fraction of sp³-hybridized carbons (Fsp3) is 0.611. The van der Waals surface area contributed by atoms with Gasteiger partial charge in [0.1, 0.15) is 5.76 Å². The van der Waals surface area contributed by atoms with Crippen LogP contribution in [-0.2, 0) is 11.2 Å². The molecule has 0 N–H and O–H groups in total. The molecule has 0 spiro atoms. The molecule has 2 aromatic heterocycles. The zero-order chi connectivity index (χ0) is 17.3. The summed E-state index contributed by atoms with van der Waals surface area (Å²) in [7, 11) is 0. The third-order valence-electron chi connectivity index (χ3n) is 4.91. The van der Waals surface area contributed by atoms with Gasteiger partial charge in [-0.05, 0) is 40.0 Å². The van der Waals surface area contributed by atoms with Crippen LogP contribution in [0.1, 0.15) is 66.2 Å². The van der Waals surface area contributed by atoms with E-state index >= 15 is 0 Å². The number of aryl methyl sites for hydroxylation is 3. The molecule has 3 heterocycles. The maximum Gasteiger partial charge on any atom is 0.230 e. The molecule has 24 heavy (non-hydrogen) atoms. The molecule has 0 aromatic carbocycles. The molecule has 2 aromatic rings. The second-order valence-electron chi connectivity index (χ2n) is 6.61. The summed E-state index contributed by atoms with van der Waals surface area (Å²) >= 11 is 1.73. The number of thiazole rings is 1. The number of likely N-dealkylation sites (tertiary alicyclic amines) is 1. The summed E-state index contributed by atoms with van der Waals surface area (Å²) < 4.78 is 5.23. The Bertz CT molecular complexity index is 702. The zero-order valence-corrected chi connectivity index (χ0v) is 15.7. The Morgan fingerprint density at radius 2 is 2.29 bits per heavy atom. The lowest BCUT2D eigenvalue weighted by Crippen LogP contribution is -2.41. The van der Waals surface area contributed by atoms with E-state index in [0.29, 0.717) is 5.92 Å². The van der Waals surface area contributed by atoms with E-state index in [-0.39, 0.29) is 11.8 Å². The standard InChI is InChI=1S/C18H25N3O2S/c1-5-15-10-24-17(19-15)14-7-6-8-21(9-14)18(22)11(2)16-12(3)20-23-13(16)4/h10-11,14H,5-9H2,1-4H3. The topological polar surface area (TPSA) is 59.2 Å². The van der Waals surface area contributed by atoms with E-state index in [1.165, 1.54) is 5.01 Å². The molecule has 130 valence electrons. The molecular weight excluding hydrogens is 322 g/mol. The van der Waals surface area contributed by atoms with Crippen molar-refractivity contribution >= 4 is 17.2 Å². The summed E-state index contributed by atoms with van der Waals surface area (Å²) in [6.45, 7) is 9.45. The van der Waals surface area contributed by atoms with Crippen LogP contribution in [0, 0.1) is 13.8 Å². The van der Waals surface area contributed by atoms with Crippen LogP contribution in [0.5, 0.6) is 0 Å². The molecule has 1 fully saturated rings. The number of piperidine rings is 1. The Balaban J connectivity index is 1.73. The van der Waals surface area contributed by atoms with Gasteiger partial charge in [-0.15, -0.1) is 11.3 Å². The summed E-state index contributed by atoms with van der Waals surface area (Å²) in [5.74, 6) is 1.07. The molecule has 1 aliphatic heterocycles. The number of carbonyl (C=O) groups is 1. The van der Waals surface area contributed by atoms with Crippen molar-refractivity contribution in [3.63, 3.8) is 0 Å². The van der Waals surface area contributed by atoms with Crippen molar-refractivity contribution in [3.05, 3.63) is 33.1 Å². The third kappa shape index (κ3) is 3.24. The molecule has 0 bridgehead atoms. The lowest BCUT2D eigenvalue weighted by molar-refractivity contribution is -0.133. The number of hydrogen-bond acceptors (Lipinski definition) is 5. The van der Waals surface area contributed by atoms with E-state index in [1.54, 1.807) is 11.3 Å². The van der Waals surface area contributed by atoms with Gasteiger partial charge in [0.25, 0.3) is 0 Å². The van der Waals surface area contributed by atoms with Gasteiger partial charge in [-0.3, -0.25) is 4.79 Å². The second-order valence-corrected chi connectivity index (χ2v) is 7.50. The number of carbonyl (C=O) groups excluding carboxylic acids is 1. The van der Waals surface area contributed by atoms with Crippen molar-refractivity contribution in [1.29, 1.82) is 0 Å². The SMILES string of the molecule is CCc1csc(C2CCCN(C(=O)C(C)c3c(C)noc3C)C2)n1. The maximum atomic E-state index is 13.0. The smallest absolute Gasteiger partial charge is 0.230 e. The Morgan fingerprint density at radius 1 is 1.50 bits per heavy atom. The molecule has 6 heteroatoms. The average Bonchev–Trinajstić information content (AvgIpc) is 3.20. The molecule has 1 aliphatic rings. The van der Waals surface area contributed by atoms with Gasteiger partial charge >= 0.3 is 0 Å². The molecule has 2 atom stereocenters. The number of hydrogen-bond donors (Lipinski definition) is 0. The van der Waals surface area contributed by atoms with E-state index in [9.17, 15) is 4.79 Å². The van der Waals surface area contributed by atoms with E-state index in [2.05, 4.69) is 17.5 Å².